The third-order valence-electron chi connectivity index (χ3n) is 2.27. The van der Waals surface area contributed by atoms with E-state index in [9.17, 15) is 4.79 Å². The predicted molar refractivity (Wildman–Crippen MR) is 59.0 cm³/mol. The Bertz CT molecular complexity index is 637. The van der Waals surface area contributed by atoms with Crippen LogP contribution in [-0.2, 0) is 0 Å². The second-order valence-electron chi connectivity index (χ2n) is 3.29. The number of aryl methyl sites for hydroxylation is 1. The molecule has 0 saturated heterocycles. The molecule has 0 aliphatic heterocycles. The molecular formula is C11H7ClN2O. The molecule has 2 aromatic rings. The Morgan fingerprint density at radius 2 is 2.20 bits per heavy atom. The molecule has 0 atom stereocenters. The van der Waals surface area contributed by atoms with Crippen LogP contribution in [0.5, 0.6) is 0 Å². The lowest BCUT2D eigenvalue weighted by Crippen LogP contribution is -2.07. The number of H-pyrrole nitrogens is 1. The van der Waals surface area contributed by atoms with Gasteiger partial charge in [-0.25, -0.2) is 0 Å². The molecule has 0 unspecified atom stereocenters. The second-order valence-corrected chi connectivity index (χ2v) is 3.72. The average molecular weight is 219 g/mol. The standard InChI is InChI=1S/C11H7ClN2O/c1-6-2-8(12)3-9-10(6)14-5-7(4-13)11(9)15/h2-3,5H,1H3,(H,14,15). The molecule has 1 heterocycles. The number of benzene rings is 1. The zero-order chi connectivity index (χ0) is 11.0. The Morgan fingerprint density at radius 1 is 1.47 bits per heavy atom. The van der Waals surface area contributed by atoms with Crippen LogP contribution in [0.4, 0.5) is 0 Å². The fraction of sp³-hybridized carbons (Fsp3) is 0.0909. The number of aromatic nitrogens is 1. The van der Waals surface area contributed by atoms with Gasteiger partial charge >= 0.3 is 0 Å². The van der Waals surface area contributed by atoms with Gasteiger partial charge in [0, 0.05) is 16.6 Å². The van der Waals surface area contributed by atoms with Crippen molar-refractivity contribution in [1.82, 2.24) is 4.98 Å². The summed E-state index contributed by atoms with van der Waals surface area (Å²) in [6.07, 6.45) is 1.42. The Morgan fingerprint density at radius 3 is 2.87 bits per heavy atom. The third kappa shape index (κ3) is 1.49. The Labute approximate surface area is 90.9 Å². The summed E-state index contributed by atoms with van der Waals surface area (Å²) in [6.45, 7) is 1.86. The maximum atomic E-state index is 11.8. The summed E-state index contributed by atoms with van der Waals surface area (Å²) in [5, 5.41) is 9.67. The molecule has 0 aliphatic rings. The van der Waals surface area contributed by atoms with E-state index in [-0.39, 0.29) is 11.0 Å². The van der Waals surface area contributed by atoms with Crippen LogP contribution >= 0.6 is 11.6 Å². The number of hydrogen-bond donors (Lipinski definition) is 1. The number of rotatable bonds is 0. The van der Waals surface area contributed by atoms with Gasteiger partial charge in [-0.15, -0.1) is 0 Å². The number of nitrogens with zero attached hydrogens (tertiary/aromatic N) is 1. The molecule has 74 valence electrons. The van der Waals surface area contributed by atoms with Crippen molar-refractivity contribution in [3.63, 3.8) is 0 Å². The minimum Gasteiger partial charge on any atom is -0.359 e. The largest absolute Gasteiger partial charge is 0.359 e. The van der Waals surface area contributed by atoms with Gasteiger partial charge in [-0.1, -0.05) is 11.6 Å². The van der Waals surface area contributed by atoms with E-state index in [0.717, 1.165) is 11.1 Å². The van der Waals surface area contributed by atoms with E-state index in [2.05, 4.69) is 4.98 Å². The number of halogens is 1. The van der Waals surface area contributed by atoms with Crippen LogP contribution in [0, 0.1) is 18.3 Å². The summed E-state index contributed by atoms with van der Waals surface area (Å²) < 4.78 is 0. The zero-order valence-electron chi connectivity index (χ0n) is 7.97. The van der Waals surface area contributed by atoms with E-state index in [1.54, 1.807) is 12.1 Å². The first kappa shape index (κ1) is 9.75. The maximum Gasteiger partial charge on any atom is 0.207 e. The van der Waals surface area contributed by atoms with Crippen LogP contribution in [-0.4, -0.2) is 4.98 Å². The van der Waals surface area contributed by atoms with Crippen molar-refractivity contribution >= 4 is 22.5 Å². The molecule has 2 rings (SSSR count). The quantitative estimate of drug-likeness (QED) is 0.738. The van der Waals surface area contributed by atoms with Crippen LogP contribution in [0.25, 0.3) is 10.9 Å². The van der Waals surface area contributed by atoms with Gasteiger partial charge in [0.05, 0.1) is 5.52 Å². The molecular weight excluding hydrogens is 212 g/mol. The fourth-order valence-electron chi connectivity index (χ4n) is 1.55. The highest BCUT2D eigenvalue weighted by Gasteiger charge is 2.07. The molecule has 0 aliphatic carbocycles. The molecule has 3 nitrogen and oxygen atoms in total. The highest BCUT2D eigenvalue weighted by Crippen LogP contribution is 2.19. The Kier molecular flexibility index (Phi) is 2.22. The molecule has 0 bridgehead atoms. The maximum absolute atomic E-state index is 11.8. The number of aromatic amines is 1. The van der Waals surface area contributed by atoms with Gasteiger partial charge < -0.3 is 4.98 Å². The van der Waals surface area contributed by atoms with E-state index in [1.807, 2.05) is 13.0 Å². The van der Waals surface area contributed by atoms with Crippen molar-refractivity contribution in [2.75, 3.05) is 0 Å². The summed E-state index contributed by atoms with van der Waals surface area (Å²) in [4.78, 5) is 14.7. The number of fused-ring (bicyclic) bond motifs is 1. The third-order valence-corrected chi connectivity index (χ3v) is 2.49. The highest BCUT2D eigenvalue weighted by atomic mass is 35.5. The first-order valence-electron chi connectivity index (χ1n) is 4.35. The van der Waals surface area contributed by atoms with Gasteiger partial charge in [-0.2, -0.15) is 5.26 Å². The van der Waals surface area contributed by atoms with Crippen molar-refractivity contribution in [2.45, 2.75) is 6.92 Å². The molecule has 1 aromatic heterocycles. The van der Waals surface area contributed by atoms with Crippen molar-refractivity contribution < 1.29 is 0 Å². The van der Waals surface area contributed by atoms with Gasteiger partial charge in [0.25, 0.3) is 0 Å². The smallest absolute Gasteiger partial charge is 0.207 e. The molecule has 4 heteroatoms. The van der Waals surface area contributed by atoms with E-state index < -0.39 is 0 Å². The zero-order valence-corrected chi connectivity index (χ0v) is 8.72. The predicted octanol–water partition coefficient (Wildman–Crippen LogP) is 2.36. The van der Waals surface area contributed by atoms with Gasteiger partial charge in [-0.3, -0.25) is 4.79 Å². The molecule has 0 amide bonds. The summed E-state index contributed by atoms with van der Waals surface area (Å²) in [5.74, 6) is 0. The van der Waals surface area contributed by atoms with Crippen LogP contribution in [0.2, 0.25) is 5.02 Å². The van der Waals surface area contributed by atoms with Crippen LogP contribution in [0.3, 0.4) is 0 Å². The van der Waals surface area contributed by atoms with E-state index in [0.29, 0.717) is 10.4 Å². The van der Waals surface area contributed by atoms with Gasteiger partial charge in [0.1, 0.15) is 11.6 Å². The summed E-state index contributed by atoms with van der Waals surface area (Å²) in [7, 11) is 0. The first-order valence-corrected chi connectivity index (χ1v) is 4.73. The minimum absolute atomic E-state index is 0.101. The second kappa shape index (κ2) is 3.41. The van der Waals surface area contributed by atoms with E-state index >= 15 is 0 Å². The van der Waals surface area contributed by atoms with E-state index in [1.165, 1.54) is 6.20 Å². The number of pyridine rings is 1. The minimum atomic E-state index is -0.281. The lowest BCUT2D eigenvalue weighted by atomic mass is 10.1. The van der Waals surface area contributed by atoms with Gasteiger partial charge in [0.2, 0.25) is 5.43 Å². The van der Waals surface area contributed by atoms with Gasteiger partial charge in [0.15, 0.2) is 0 Å². The monoisotopic (exact) mass is 218 g/mol. The van der Waals surface area contributed by atoms with E-state index in [4.69, 9.17) is 16.9 Å². The first-order chi connectivity index (χ1) is 7.13. The Hall–Kier alpha value is -1.79. The molecule has 1 N–H and O–H groups in total. The molecule has 0 radical (unpaired) electrons. The number of nitriles is 1. The topological polar surface area (TPSA) is 56.6 Å². The van der Waals surface area contributed by atoms with Crippen LogP contribution < -0.4 is 5.43 Å². The van der Waals surface area contributed by atoms with Gasteiger partial charge in [-0.05, 0) is 24.6 Å². The fourth-order valence-corrected chi connectivity index (χ4v) is 1.82. The molecule has 0 fully saturated rings. The van der Waals surface area contributed by atoms with Crippen molar-refractivity contribution in [3.05, 3.63) is 44.7 Å². The highest BCUT2D eigenvalue weighted by molar-refractivity contribution is 6.31. The molecule has 1 aromatic carbocycles. The summed E-state index contributed by atoms with van der Waals surface area (Å²) >= 11 is 5.86. The van der Waals surface area contributed by atoms with Crippen LogP contribution in [0.15, 0.2) is 23.1 Å². The van der Waals surface area contributed by atoms with Crippen molar-refractivity contribution in [2.24, 2.45) is 0 Å². The molecule has 0 saturated carbocycles. The summed E-state index contributed by atoms with van der Waals surface area (Å²) in [5.41, 5.74) is 1.43. The van der Waals surface area contributed by atoms with Crippen molar-refractivity contribution in [3.8, 4) is 6.07 Å². The molecule has 15 heavy (non-hydrogen) atoms. The lowest BCUT2D eigenvalue weighted by molar-refractivity contribution is 1.32. The average Bonchev–Trinajstić information content (AvgIpc) is 2.19. The summed E-state index contributed by atoms with van der Waals surface area (Å²) in [6, 6.07) is 5.18. The Balaban J connectivity index is 3.01. The molecule has 0 spiro atoms. The number of nitrogens with one attached hydrogen (secondary N) is 1. The number of hydrogen-bond acceptors (Lipinski definition) is 2. The lowest BCUT2D eigenvalue weighted by Gasteiger charge is -2.02. The van der Waals surface area contributed by atoms with Crippen LogP contribution in [0.1, 0.15) is 11.1 Å². The van der Waals surface area contributed by atoms with Crippen molar-refractivity contribution in [1.29, 1.82) is 5.26 Å². The normalized spacial score (nSPS) is 10.2. The SMILES string of the molecule is Cc1cc(Cl)cc2c(=O)c(C#N)c[nH]c12.